The summed E-state index contributed by atoms with van der Waals surface area (Å²) < 4.78 is 0. The molecule has 0 saturated heterocycles. The fourth-order valence-corrected chi connectivity index (χ4v) is 2.67. The SMILES string of the molecule is CN(CC(=O)NCC1CC1)C1CCCCC1N. The van der Waals surface area contributed by atoms with E-state index in [0.29, 0.717) is 12.6 Å². The van der Waals surface area contributed by atoms with E-state index in [-0.39, 0.29) is 11.9 Å². The first-order chi connectivity index (χ1) is 8.16. The van der Waals surface area contributed by atoms with E-state index in [1.807, 2.05) is 7.05 Å². The first kappa shape index (κ1) is 12.8. The van der Waals surface area contributed by atoms with E-state index in [1.54, 1.807) is 0 Å². The van der Waals surface area contributed by atoms with Gasteiger partial charge in [0.25, 0.3) is 0 Å². The number of amides is 1. The molecule has 98 valence electrons. The fourth-order valence-electron chi connectivity index (χ4n) is 2.67. The summed E-state index contributed by atoms with van der Waals surface area (Å²) in [4.78, 5) is 13.9. The summed E-state index contributed by atoms with van der Waals surface area (Å²) in [5.41, 5.74) is 6.11. The highest BCUT2D eigenvalue weighted by atomic mass is 16.2. The maximum Gasteiger partial charge on any atom is 0.234 e. The normalized spacial score (nSPS) is 29.4. The molecule has 0 aromatic carbocycles. The molecule has 2 fully saturated rings. The van der Waals surface area contributed by atoms with Crippen LogP contribution in [0.3, 0.4) is 0 Å². The Bertz CT molecular complexity index is 265. The van der Waals surface area contributed by atoms with Crippen molar-refractivity contribution in [2.75, 3.05) is 20.1 Å². The van der Waals surface area contributed by atoms with Gasteiger partial charge in [-0.2, -0.15) is 0 Å². The molecule has 2 saturated carbocycles. The maximum absolute atomic E-state index is 11.7. The van der Waals surface area contributed by atoms with Gasteiger partial charge in [0.1, 0.15) is 0 Å². The van der Waals surface area contributed by atoms with Gasteiger partial charge in [0, 0.05) is 18.6 Å². The summed E-state index contributed by atoms with van der Waals surface area (Å²) in [6.45, 7) is 1.36. The smallest absolute Gasteiger partial charge is 0.234 e. The Kier molecular flexibility index (Phi) is 4.40. The molecule has 2 unspecified atom stereocenters. The van der Waals surface area contributed by atoms with Gasteiger partial charge in [-0.05, 0) is 38.6 Å². The van der Waals surface area contributed by atoms with Gasteiger partial charge in [0.2, 0.25) is 5.91 Å². The lowest BCUT2D eigenvalue weighted by Gasteiger charge is -2.35. The first-order valence-corrected chi connectivity index (χ1v) is 6.89. The molecule has 0 aliphatic heterocycles. The van der Waals surface area contributed by atoms with Crippen molar-refractivity contribution >= 4 is 5.91 Å². The highest BCUT2D eigenvalue weighted by Gasteiger charge is 2.27. The monoisotopic (exact) mass is 239 g/mol. The Morgan fingerprint density at radius 3 is 2.65 bits per heavy atom. The third-order valence-electron chi connectivity index (χ3n) is 4.03. The van der Waals surface area contributed by atoms with E-state index in [1.165, 1.54) is 25.7 Å². The molecule has 0 aromatic rings. The van der Waals surface area contributed by atoms with Gasteiger partial charge in [0.05, 0.1) is 6.54 Å². The van der Waals surface area contributed by atoms with Crippen LogP contribution in [0.1, 0.15) is 38.5 Å². The van der Waals surface area contributed by atoms with E-state index < -0.39 is 0 Å². The van der Waals surface area contributed by atoms with Gasteiger partial charge in [-0.1, -0.05) is 12.8 Å². The highest BCUT2D eigenvalue weighted by molar-refractivity contribution is 5.78. The molecule has 2 rings (SSSR count). The molecule has 3 N–H and O–H groups in total. The highest BCUT2D eigenvalue weighted by Crippen LogP contribution is 2.27. The summed E-state index contributed by atoms with van der Waals surface area (Å²) in [7, 11) is 2.02. The van der Waals surface area contributed by atoms with E-state index in [2.05, 4.69) is 10.2 Å². The molecule has 0 heterocycles. The van der Waals surface area contributed by atoms with E-state index in [0.717, 1.165) is 25.3 Å². The minimum Gasteiger partial charge on any atom is -0.355 e. The average Bonchev–Trinajstić information content (AvgIpc) is 3.10. The Hall–Kier alpha value is -0.610. The topological polar surface area (TPSA) is 58.4 Å². The van der Waals surface area contributed by atoms with E-state index >= 15 is 0 Å². The molecular formula is C13H25N3O. The number of likely N-dealkylation sites (N-methyl/N-ethyl adjacent to an activating group) is 1. The number of nitrogens with two attached hydrogens (primary N) is 1. The Balaban J connectivity index is 1.70. The fraction of sp³-hybridized carbons (Fsp3) is 0.923. The quantitative estimate of drug-likeness (QED) is 0.743. The predicted molar refractivity (Wildman–Crippen MR) is 68.6 cm³/mol. The minimum absolute atomic E-state index is 0.150. The molecule has 4 nitrogen and oxygen atoms in total. The lowest BCUT2D eigenvalue weighted by molar-refractivity contribution is -0.122. The van der Waals surface area contributed by atoms with Gasteiger partial charge >= 0.3 is 0 Å². The number of nitrogens with one attached hydrogen (secondary N) is 1. The Morgan fingerprint density at radius 2 is 2.00 bits per heavy atom. The van der Waals surface area contributed by atoms with Gasteiger partial charge in [-0.25, -0.2) is 0 Å². The van der Waals surface area contributed by atoms with Gasteiger partial charge in [-0.15, -0.1) is 0 Å². The van der Waals surface area contributed by atoms with Crippen LogP contribution in [0.2, 0.25) is 0 Å². The van der Waals surface area contributed by atoms with Crippen LogP contribution in [0, 0.1) is 5.92 Å². The van der Waals surface area contributed by atoms with Crippen molar-refractivity contribution in [1.82, 2.24) is 10.2 Å². The second kappa shape index (κ2) is 5.83. The van der Waals surface area contributed by atoms with Crippen molar-refractivity contribution in [1.29, 1.82) is 0 Å². The minimum atomic E-state index is 0.150. The number of nitrogens with zero attached hydrogens (tertiary/aromatic N) is 1. The van der Waals surface area contributed by atoms with Crippen LogP contribution in [0.4, 0.5) is 0 Å². The lowest BCUT2D eigenvalue weighted by atomic mass is 9.90. The summed E-state index contributed by atoms with van der Waals surface area (Å²) >= 11 is 0. The van der Waals surface area contributed by atoms with Crippen LogP contribution in [-0.4, -0.2) is 43.0 Å². The van der Waals surface area contributed by atoms with Gasteiger partial charge in [-0.3, -0.25) is 9.69 Å². The molecule has 4 heteroatoms. The van der Waals surface area contributed by atoms with E-state index in [9.17, 15) is 4.79 Å². The molecule has 0 radical (unpaired) electrons. The number of hydrogen-bond acceptors (Lipinski definition) is 3. The molecule has 0 aromatic heterocycles. The molecule has 2 aliphatic carbocycles. The zero-order valence-electron chi connectivity index (χ0n) is 10.8. The Labute approximate surface area is 104 Å². The molecular weight excluding hydrogens is 214 g/mol. The van der Waals surface area contributed by atoms with Crippen molar-refractivity contribution in [3.8, 4) is 0 Å². The molecule has 1 amide bonds. The molecule has 0 spiro atoms. The first-order valence-electron chi connectivity index (χ1n) is 6.89. The summed E-state index contributed by atoms with van der Waals surface area (Å²) in [6, 6.07) is 0.625. The van der Waals surface area contributed by atoms with Crippen molar-refractivity contribution in [3.63, 3.8) is 0 Å². The van der Waals surface area contributed by atoms with Crippen molar-refractivity contribution < 1.29 is 4.79 Å². The zero-order valence-corrected chi connectivity index (χ0v) is 10.8. The number of rotatable bonds is 5. The third-order valence-corrected chi connectivity index (χ3v) is 4.03. The molecule has 17 heavy (non-hydrogen) atoms. The van der Waals surface area contributed by atoms with Crippen LogP contribution in [-0.2, 0) is 4.79 Å². The lowest BCUT2D eigenvalue weighted by Crippen LogP contribution is -2.50. The van der Waals surface area contributed by atoms with Crippen LogP contribution >= 0.6 is 0 Å². The predicted octanol–water partition coefficient (Wildman–Crippen LogP) is 0.714. The molecule has 2 atom stereocenters. The van der Waals surface area contributed by atoms with Crippen LogP contribution in [0.5, 0.6) is 0 Å². The van der Waals surface area contributed by atoms with Crippen molar-refractivity contribution in [2.24, 2.45) is 11.7 Å². The standard InChI is InChI=1S/C13H25N3O/c1-16(12-5-3-2-4-11(12)14)9-13(17)15-8-10-6-7-10/h10-12H,2-9,14H2,1H3,(H,15,17). The van der Waals surface area contributed by atoms with Gasteiger partial charge in [0.15, 0.2) is 0 Å². The van der Waals surface area contributed by atoms with E-state index in [4.69, 9.17) is 5.73 Å². The van der Waals surface area contributed by atoms with Gasteiger partial charge < -0.3 is 11.1 Å². The second-order valence-corrected chi connectivity index (χ2v) is 5.68. The zero-order chi connectivity index (χ0) is 12.3. The average molecular weight is 239 g/mol. The summed E-state index contributed by atoms with van der Waals surface area (Å²) in [5, 5.41) is 3.01. The molecule has 0 bridgehead atoms. The summed E-state index contributed by atoms with van der Waals surface area (Å²) in [5.74, 6) is 0.901. The van der Waals surface area contributed by atoms with Crippen molar-refractivity contribution in [3.05, 3.63) is 0 Å². The number of hydrogen-bond donors (Lipinski definition) is 2. The van der Waals surface area contributed by atoms with Crippen molar-refractivity contribution in [2.45, 2.75) is 50.6 Å². The number of carbonyl (C=O) groups excluding carboxylic acids is 1. The number of carbonyl (C=O) groups is 1. The molecule has 2 aliphatic rings. The Morgan fingerprint density at radius 1 is 1.29 bits per heavy atom. The second-order valence-electron chi connectivity index (χ2n) is 5.68. The summed E-state index contributed by atoms with van der Waals surface area (Å²) in [6.07, 6.45) is 7.27. The van der Waals surface area contributed by atoms with Crippen LogP contribution in [0.15, 0.2) is 0 Å². The largest absolute Gasteiger partial charge is 0.355 e. The maximum atomic E-state index is 11.7. The third kappa shape index (κ3) is 3.96. The van der Waals surface area contributed by atoms with Crippen LogP contribution in [0.25, 0.3) is 0 Å². The van der Waals surface area contributed by atoms with Crippen LogP contribution < -0.4 is 11.1 Å².